The Hall–Kier alpha value is -1.16. The maximum absolute atomic E-state index is 12.2. The van der Waals surface area contributed by atoms with Crippen molar-refractivity contribution in [3.8, 4) is 0 Å². The standard InChI is InChI=1S/C16H27NO3/c1-11-12(2)16(3,4)10-13(15(11)19)20-14(18)8-7-9-17(5)6/h13H,7-10H2,1-6H3. The molecule has 1 aliphatic carbocycles. The zero-order valence-electron chi connectivity index (χ0n) is 13.6. The van der Waals surface area contributed by atoms with Gasteiger partial charge in [-0.25, -0.2) is 0 Å². The van der Waals surface area contributed by atoms with E-state index < -0.39 is 6.10 Å². The highest BCUT2D eigenvalue weighted by Gasteiger charge is 2.38. The van der Waals surface area contributed by atoms with E-state index in [2.05, 4.69) is 13.8 Å². The second-order valence-electron chi connectivity index (χ2n) is 6.59. The molecule has 0 saturated carbocycles. The number of carbonyl (C=O) groups is 2. The SMILES string of the molecule is CC1=C(C)C(C)(C)CC(OC(=O)CCCN(C)C)C1=O. The van der Waals surface area contributed by atoms with E-state index in [9.17, 15) is 9.59 Å². The van der Waals surface area contributed by atoms with Gasteiger partial charge in [0.2, 0.25) is 0 Å². The topological polar surface area (TPSA) is 46.6 Å². The quantitative estimate of drug-likeness (QED) is 0.727. The lowest BCUT2D eigenvalue weighted by molar-refractivity contribution is -0.156. The lowest BCUT2D eigenvalue weighted by Crippen LogP contribution is -2.38. The van der Waals surface area contributed by atoms with Crippen LogP contribution >= 0.6 is 0 Å². The van der Waals surface area contributed by atoms with Crippen molar-refractivity contribution in [1.29, 1.82) is 0 Å². The number of hydrogen-bond donors (Lipinski definition) is 0. The smallest absolute Gasteiger partial charge is 0.306 e. The fourth-order valence-corrected chi connectivity index (χ4v) is 2.50. The summed E-state index contributed by atoms with van der Waals surface area (Å²) in [5, 5.41) is 0. The molecular formula is C16H27NO3. The summed E-state index contributed by atoms with van der Waals surface area (Å²) in [7, 11) is 3.94. The van der Waals surface area contributed by atoms with Crippen LogP contribution in [0.1, 0.15) is 47.0 Å². The molecule has 0 bridgehead atoms. The van der Waals surface area contributed by atoms with Crippen LogP contribution in [0.2, 0.25) is 0 Å². The van der Waals surface area contributed by atoms with Gasteiger partial charge in [-0.05, 0) is 51.9 Å². The normalized spacial score (nSPS) is 22.4. The number of rotatable bonds is 5. The summed E-state index contributed by atoms with van der Waals surface area (Å²) in [6.45, 7) is 8.83. The van der Waals surface area contributed by atoms with Crippen LogP contribution in [0.5, 0.6) is 0 Å². The molecular weight excluding hydrogens is 254 g/mol. The summed E-state index contributed by atoms with van der Waals surface area (Å²) in [6, 6.07) is 0. The molecule has 1 unspecified atom stereocenters. The number of carbonyl (C=O) groups excluding carboxylic acids is 2. The van der Waals surface area contributed by atoms with Crippen LogP contribution in [-0.4, -0.2) is 43.4 Å². The lowest BCUT2D eigenvalue weighted by atomic mass is 9.72. The second kappa shape index (κ2) is 6.53. The average Bonchev–Trinajstić information content (AvgIpc) is 2.33. The predicted molar refractivity (Wildman–Crippen MR) is 79.4 cm³/mol. The molecule has 0 saturated heterocycles. The zero-order valence-corrected chi connectivity index (χ0v) is 13.6. The second-order valence-corrected chi connectivity index (χ2v) is 6.59. The molecule has 0 fully saturated rings. The molecule has 4 heteroatoms. The van der Waals surface area contributed by atoms with E-state index in [1.54, 1.807) is 0 Å². The Kier molecular flexibility index (Phi) is 5.51. The van der Waals surface area contributed by atoms with Crippen LogP contribution in [0.15, 0.2) is 11.1 Å². The molecule has 0 aromatic carbocycles. The molecule has 0 aliphatic heterocycles. The Morgan fingerprint density at radius 3 is 2.50 bits per heavy atom. The highest BCUT2D eigenvalue weighted by molar-refractivity contribution is 6.01. The summed E-state index contributed by atoms with van der Waals surface area (Å²) >= 11 is 0. The minimum absolute atomic E-state index is 0.0391. The van der Waals surface area contributed by atoms with E-state index in [1.807, 2.05) is 32.8 Å². The molecule has 1 aliphatic rings. The van der Waals surface area contributed by atoms with Gasteiger partial charge < -0.3 is 9.64 Å². The predicted octanol–water partition coefficient (Wildman–Crippen LogP) is 2.58. The molecule has 20 heavy (non-hydrogen) atoms. The van der Waals surface area contributed by atoms with Crippen molar-refractivity contribution in [3.63, 3.8) is 0 Å². The van der Waals surface area contributed by atoms with Crippen molar-refractivity contribution >= 4 is 11.8 Å². The fraction of sp³-hybridized carbons (Fsp3) is 0.750. The first-order valence-corrected chi connectivity index (χ1v) is 7.21. The third-order valence-electron chi connectivity index (χ3n) is 4.20. The van der Waals surface area contributed by atoms with Gasteiger partial charge in [-0.1, -0.05) is 19.4 Å². The minimum Gasteiger partial charge on any atom is -0.454 e. The van der Waals surface area contributed by atoms with E-state index in [-0.39, 0.29) is 17.2 Å². The molecule has 0 heterocycles. The number of ether oxygens (including phenoxy) is 1. The molecule has 1 atom stereocenters. The van der Waals surface area contributed by atoms with Crippen molar-refractivity contribution < 1.29 is 14.3 Å². The Labute approximate surface area is 122 Å². The Morgan fingerprint density at radius 1 is 1.35 bits per heavy atom. The number of ketones is 1. The summed E-state index contributed by atoms with van der Waals surface area (Å²) in [5.74, 6) is -0.309. The van der Waals surface area contributed by atoms with E-state index >= 15 is 0 Å². The maximum Gasteiger partial charge on any atom is 0.306 e. The third-order valence-corrected chi connectivity index (χ3v) is 4.20. The average molecular weight is 281 g/mol. The molecule has 1 rings (SSSR count). The van der Waals surface area contributed by atoms with E-state index in [0.717, 1.165) is 24.1 Å². The van der Waals surface area contributed by atoms with Gasteiger partial charge in [0, 0.05) is 12.8 Å². The number of nitrogens with zero attached hydrogens (tertiary/aromatic N) is 1. The van der Waals surface area contributed by atoms with Gasteiger partial charge in [0.15, 0.2) is 11.9 Å². The zero-order chi connectivity index (χ0) is 15.5. The van der Waals surface area contributed by atoms with Gasteiger partial charge in [-0.3, -0.25) is 9.59 Å². The van der Waals surface area contributed by atoms with Crippen LogP contribution < -0.4 is 0 Å². The van der Waals surface area contributed by atoms with Crippen LogP contribution in [0.3, 0.4) is 0 Å². The maximum atomic E-state index is 12.2. The minimum atomic E-state index is -0.611. The van der Waals surface area contributed by atoms with E-state index in [4.69, 9.17) is 4.74 Å². The molecule has 0 aromatic rings. The Bertz CT molecular complexity index is 421. The van der Waals surface area contributed by atoms with Crippen LogP contribution in [0.25, 0.3) is 0 Å². The summed E-state index contributed by atoms with van der Waals surface area (Å²) < 4.78 is 5.40. The van der Waals surface area contributed by atoms with Crippen molar-refractivity contribution in [3.05, 3.63) is 11.1 Å². The van der Waals surface area contributed by atoms with Gasteiger partial charge in [-0.15, -0.1) is 0 Å². The van der Waals surface area contributed by atoms with Crippen LogP contribution in [0, 0.1) is 5.41 Å². The van der Waals surface area contributed by atoms with Gasteiger partial charge in [-0.2, -0.15) is 0 Å². The number of Topliss-reactive ketones (excluding diaryl/α,β-unsaturated/α-hetero) is 1. The molecule has 114 valence electrons. The molecule has 0 amide bonds. The number of allylic oxidation sites excluding steroid dienone is 1. The van der Waals surface area contributed by atoms with Crippen molar-refractivity contribution in [2.24, 2.45) is 5.41 Å². The Morgan fingerprint density at radius 2 is 1.95 bits per heavy atom. The first kappa shape index (κ1) is 16.9. The summed E-state index contributed by atoms with van der Waals surface area (Å²) in [4.78, 5) is 26.1. The van der Waals surface area contributed by atoms with Crippen molar-refractivity contribution in [2.45, 2.75) is 53.1 Å². The number of hydrogen-bond acceptors (Lipinski definition) is 4. The van der Waals surface area contributed by atoms with Crippen molar-refractivity contribution in [1.82, 2.24) is 4.90 Å². The van der Waals surface area contributed by atoms with Crippen molar-refractivity contribution in [2.75, 3.05) is 20.6 Å². The molecule has 0 N–H and O–H groups in total. The summed E-state index contributed by atoms with van der Waals surface area (Å²) in [6.07, 6.45) is 1.09. The van der Waals surface area contributed by atoms with Gasteiger partial charge >= 0.3 is 5.97 Å². The molecule has 0 aromatic heterocycles. The highest BCUT2D eigenvalue weighted by atomic mass is 16.5. The number of esters is 1. The van der Waals surface area contributed by atoms with Gasteiger partial charge in [0.1, 0.15) is 0 Å². The van der Waals surface area contributed by atoms with E-state index in [1.165, 1.54) is 0 Å². The molecule has 4 nitrogen and oxygen atoms in total. The Balaban J connectivity index is 2.61. The monoisotopic (exact) mass is 281 g/mol. The molecule has 0 spiro atoms. The fourth-order valence-electron chi connectivity index (χ4n) is 2.50. The van der Waals surface area contributed by atoms with E-state index in [0.29, 0.717) is 12.8 Å². The third kappa shape index (κ3) is 4.17. The molecule has 0 radical (unpaired) electrons. The van der Waals surface area contributed by atoms with Crippen LogP contribution in [-0.2, 0) is 14.3 Å². The lowest BCUT2D eigenvalue weighted by Gasteiger charge is -2.36. The largest absolute Gasteiger partial charge is 0.454 e. The van der Waals surface area contributed by atoms with Gasteiger partial charge in [0.25, 0.3) is 0 Å². The van der Waals surface area contributed by atoms with Crippen LogP contribution in [0.4, 0.5) is 0 Å². The first-order valence-electron chi connectivity index (χ1n) is 7.21. The first-order chi connectivity index (χ1) is 9.15. The summed E-state index contributed by atoms with van der Waals surface area (Å²) in [5.41, 5.74) is 1.75. The highest BCUT2D eigenvalue weighted by Crippen LogP contribution is 2.39. The van der Waals surface area contributed by atoms with Gasteiger partial charge in [0.05, 0.1) is 0 Å².